The van der Waals surface area contributed by atoms with Crippen LogP contribution in [0.3, 0.4) is 0 Å². The van der Waals surface area contributed by atoms with Gasteiger partial charge >= 0.3 is 6.03 Å². The van der Waals surface area contributed by atoms with Gasteiger partial charge in [0.25, 0.3) is 0 Å². The highest BCUT2D eigenvalue weighted by Crippen LogP contribution is 2.18. The van der Waals surface area contributed by atoms with Gasteiger partial charge in [0.15, 0.2) is 0 Å². The van der Waals surface area contributed by atoms with E-state index >= 15 is 0 Å². The lowest BCUT2D eigenvalue weighted by Gasteiger charge is -2.14. The average Bonchev–Trinajstić information content (AvgIpc) is 3.16. The number of aryl methyl sites for hydroxylation is 1. The van der Waals surface area contributed by atoms with Crippen molar-refractivity contribution in [3.63, 3.8) is 0 Å². The molecular formula is C17H17FN6O2. The summed E-state index contributed by atoms with van der Waals surface area (Å²) in [5.74, 6) is -0.521. The van der Waals surface area contributed by atoms with E-state index < -0.39 is 18.0 Å². The fourth-order valence-corrected chi connectivity index (χ4v) is 2.43. The molecule has 3 N–H and O–H groups in total. The molecule has 0 saturated carbocycles. The summed E-state index contributed by atoms with van der Waals surface area (Å²) in [6.07, 6.45) is 0.313. The van der Waals surface area contributed by atoms with Crippen LogP contribution < -0.4 is 10.6 Å². The van der Waals surface area contributed by atoms with Crippen molar-refractivity contribution in [3.8, 4) is 5.69 Å². The van der Waals surface area contributed by atoms with Crippen molar-refractivity contribution in [1.29, 1.82) is 0 Å². The third kappa shape index (κ3) is 4.01. The van der Waals surface area contributed by atoms with Crippen molar-refractivity contribution >= 4 is 11.7 Å². The molecule has 0 aliphatic heterocycles. The topological polar surface area (TPSA) is 105 Å². The van der Waals surface area contributed by atoms with Crippen LogP contribution in [0.15, 0.2) is 48.8 Å². The smallest absolute Gasteiger partial charge is 0.319 e. The Kier molecular flexibility index (Phi) is 5.18. The first-order valence-corrected chi connectivity index (χ1v) is 7.86. The molecule has 0 aliphatic rings. The summed E-state index contributed by atoms with van der Waals surface area (Å²) in [5, 5.41) is 26.2. The standard InChI is InChI=1S/C17H17FN6O2/c1-11-6-7-12(8-15(11)24-10-20-22-23-24)21-17(26)19-9-16(25)13-4-2-3-5-14(13)18/h2-8,10,16,25H,9H2,1H3,(H2,19,21,26)/t16-/m0/s1. The first kappa shape index (κ1) is 17.5. The van der Waals surface area contributed by atoms with Crippen molar-refractivity contribution in [2.24, 2.45) is 0 Å². The normalized spacial score (nSPS) is 11.8. The van der Waals surface area contributed by atoms with Crippen LogP contribution in [-0.2, 0) is 0 Å². The summed E-state index contributed by atoms with van der Waals surface area (Å²) < 4.78 is 15.1. The van der Waals surface area contributed by atoms with E-state index in [0.717, 1.165) is 11.3 Å². The molecule has 0 radical (unpaired) electrons. The van der Waals surface area contributed by atoms with E-state index in [1.165, 1.54) is 29.2 Å². The van der Waals surface area contributed by atoms with E-state index in [-0.39, 0.29) is 12.1 Å². The number of aromatic nitrogens is 4. The minimum Gasteiger partial charge on any atom is -0.386 e. The van der Waals surface area contributed by atoms with E-state index in [2.05, 4.69) is 26.2 Å². The molecule has 0 bridgehead atoms. The van der Waals surface area contributed by atoms with Gasteiger partial charge in [-0.25, -0.2) is 13.9 Å². The summed E-state index contributed by atoms with van der Waals surface area (Å²) in [5.41, 5.74) is 2.31. The predicted molar refractivity (Wildman–Crippen MR) is 92.3 cm³/mol. The Labute approximate surface area is 148 Å². The number of nitrogens with one attached hydrogen (secondary N) is 2. The van der Waals surface area contributed by atoms with Crippen LogP contribution >= 0.6 is 0 Å². The third-order valence-corrected chi connectivity index (χ3v) is 3.78. The zero-order chi connectivity index (χ0) is 18.5. The third-order valence-electron chi connectivity index (χ3n) is 3.78. The number of benzene rings is 2. The summed E-state index contributed by atoms with van der Waals surface area (Å²) >= 11 is 0. The predicted octanol–water partition coefficient (Wildman–Crippen LogP) is 1.96. The Hall–Kier alpha value is -3.33. The maximum atomic E-state index is 13.6. The monoisotopic (exact) mass is 356 g/mol. The lowest BCUT2D eigenvalue weighted by molar-refractivity contribution is 0.170. The molecule has 0 unspecified atom stereocenters. The molecule has 134 valence electrons. The Balaban J connectivity index is 1.62. The van der Waals surface area contributed by atoms with Gasteiger partial charge < -0.3 is 15.7 Å². The number of carbonyl (C=O) groups excluding carboxylic acids is 1. The van der Waals surface area contributed by atoms with E-state index in [1.807, 2.05) is 13.0 Å². The zero-order valence-corrected chi connectivity index (χ0v) is 13.9. The number of aliphatic hydroxyl groups is 1. The Bertz CT molecular complexity index is 900. The molecule has 1 aromatic heterocycles. The number of anilines is 1. The van der Waals surface area contributed by atoms with Crippen molar-refractivity contribution in [2.75, 3.05) is 11.9 Å². The number of aliphatic hydroxyl groups excluding tert-OH is 1. The van der Waals surface area contributed by atoms with Gasteiger partial charge in [-0.2, -0.15) is 0 Å². The van der Waals surface area contributed by atoms with Crippen molar-refractivity contribution in [1.82, 2.24) is 25.5 Å². The van der Waals surface area contributed by atoms with E-state index in [4.69, 9.17) is 0 Å². The molecule has 1 heterocycles. The maximum Gasteiger partial charge on any atom is 0.319 e. The second-order valence-electron chi connectivity index (χ2n) is 5.63. The highest BCUT2D eigenvalue weighted by molar-refractivity contribution is 5.89. The number of amides is 2. The van der Waals surface area contributed by atoms with Gasteiger partial charge in [-0.1, -0.05) is 24.3 Å². The van der Waals surface area contributed by atoms with Crippen LogP contribution in [0.4, 0.5) is 14.9 Å². The molecule has 2 amide bonds. The number of nitrogens with zero attached hydrogens (tertiary/aromatic N) is 4. The van der Waals surface area contributed by atoms with Crippen molar-refractivity contribution in [3.05, 3.63) is 65.7 Å². The summed E-state index contributed by atoms with van der Waals surface area (Å²) in [4.78, 5) is 12.0. The fraction of sp³-hybridized carbons (Fsp3) is 0.176. The minimum absolute atomic E-state index is 0.127. The van der Waals surface area contributed by atoms with Crippen molar-refractivity contribution < 1.29 is 14.3 Å². The van der Waals surface area contributed by atoms with Gasteiger partial charge in [0.05, 0.1) is 11.8 Å². The van der Waals surface area contributed by atoms with Gasteiger partial charge in [-0.15, -0.1) is 5.10 Å². The van der Waals surface area contributed by atoms with E-state index in [9.17, 15) is 14.3 Å². The molecule has 0 spiro atoms. The zero-order valence-electron chi connectivity index (χ0n) is 13.9. The van der Waals surface area contributed by atoms with Crippen LogP contribution in [0.1, 0.15) is 17.2 Å². The molecule has 0 saturated heterocycles. The molecule has 2 aromatic carbocycles. The molecule has 0 aliphatic carbocycles. The van der Waals surface area contributed by atoms with Gasteiger partial charge in [0, 0.05) is 17.8 Å². The number of hydrogen-bond donors (Lipinski definition) is 3. The lowest BCUT2D eigenvalue weighted by Crippen LogP contribution is -2.32. The number of hydrogen-bond acceptors (Lipinski definition) is 5. The number of halogens is 1. The maximum absolute atomic E-state index is 13.6. The number of carbonyl (C=O) groups is 1. The second-order valence-corrected chi connectivity index (χ2v) is 5.63. The van der Waals surface area contributed by atoms with Gasteiger partial charge in [-0.3, -0.25) is 0 Å². The summed E-state index contributed by atoms with van der Waals surface area (Å²) in [6, 6.07) is 10.6. The Morgan fingerprint density at radius 2 is 2.12 bits per heavy atom. The molecule has 3 aromatic rings. The largest absolute Gasteiger partial charge is 0.386 e. The SMILES string of the molecule is Cc1ccc(NC(=O)NC[C@H](O)c2ccccc2F)cc1-n1cnnn1. The van der Waals surface area contributed by atoms with Gasteiger partial charge in [0.1, 0.15) is 12.1 Å². The molecule has 26 heavy (non-hydrogen) atoms. The lowest BCUT2D eigenvalue weighted by atomic mass is 10.1. The summed E-state index contributed by atoms with van der Waals surface area (Å²) in [6.45, 7) is 1.77. The number of rotatable bonds is 5. The van der Waals surface area contributed by atoms with Crippen LogP contribution in [0.2, 0.25) is 0 Å². The number of urea groups is 1. The first-order valence-electron chi connectivity index (χ1n) is 7.86. The Morgan fingerprint density at radius 3 is 2.85 bits per heavy atom. The summed E-state index contributed by atoms with van der Waals surface area (Å²) in [7, 11) is 0. The fourth-order valence-electron chi connectivity index (χ4n) is 2.43. The van der Waals surface area contributed by atoms with Crippen molar-refractivity contribution in [2.45, 2.75) is 13.0 Å². The Morgan fingerprint density at radius 1 is 1.31 bits per heavy atom. The van der Waals surface area contributed by atoms with Crippen LogP contribution in [0.25, 0.3) is 5.69 Å². The van der Waals surface area contributed by atoms with Gasteiger partial charge in [-0.05, 0) is 41.1 Å². The molecule has 8 nitrogen and oxygen atoms in total. The molecule has 3 rings (SSSR count). The minimum atomic E-state index is -1.14. The highest BCUT2D eigenvalue weighted by atomic mass is 19.1. The first-order chi connectivity index (χ1) is 12.5. The van der Waals surface area contributed by atoms with Crippen LogP contribution in [0.5, 0.6) is 0 Å². The molecule has 1 atom stereocenters. The molecule has 9 heteroatoms. The highest BCUT2D eigenvalue weighted by Gasteiger charge is 2.13. The molecule has 0 fully saturated rings. The van der Waals surface area contributed by atoms with Crippen LogP contribution in [0, 0.1) is 12.7 Å². The number of tetrazole rings is 1. The second kappa shape index (κ2) is 7.70. The van der Waals surface area contributed by atoms with Gasteiger partial charge in [0.2, 0.25) is 0 Å². The van der Waals surface area contributed by atoms with E-state index in [1.54, 1.807) is 18.2 Å². The average molecular weight is 356 g/mol. The molecular weight excluding hydrogens is 339 g/mol. The van der Waals surface area contributed by atoms with Crippen LogP contribution in [-0.4, -0.2) is 37.9 Å². The quantitative estimate of drug-likeness (QED) is 0.648. The van der Waals surface area contributed by atoms with E-state index in [0.29, 0.717) is 5.69 Å².